The van der Waals surface area contributed by atoms with Crippen LogP contribution in [0.2, 0.25) is 0 Å². The molecule has 47 heavy (non-hydrogen) atoms. The number of fused-ring (bicyclic) bond motifs is 3. The lowest BCUT2D eigenvalue weighted by molar-refractivity contribution is 0.174. The van der Waals surface area contributed by atoms with Crippen LogP contribution >= 0.6 is 0 Å². The molecular weight excluding hydrogens is 598 g/mol. The Kier molecular flexibility index (Phi) is 8.06. The molecule has 2 aromatic heterocycles. The largest absolute Gasteiger partial charge is 0.496 e. The summed E-state index contributed by atoms with van der Waals surface area (Å²) in [4.78, 5) is 18.6. The summed E-state index contributed by atoms with van der Waals surface area (Å²) in [6.45, 7) is 6.76. The van der Waals surface area contributed by atoms with Crippen molar-refractivity contribution in [3.63, 3.8) is 0 Å². The minimum absolute atomic E-state index is 0.205. The summed E-state index contributed by atoms with van der Waals surface area (Å²) >= 11 is 0. The maximum Gasteiger partial charge on any atom is 0.282 e. The number of nitrogens with zero attached hydrogens (tertiary/aromatic N) is 3. The molecule has 10 nitrogen and oxygen atoms in total. The number of allylic oxidation sites excluding steroid dienone is 1. The Bertz CT molecular complexity index is 2220. The molecule has 3 heterocycles. The number of rotatable bonds is 11. The van der Waals surface area contributed by atoms with Crippen molar-refractivity contribution in [3.05, 3.63) is 119 Å². The number of furan rings is 1. The molecule has 4 aromatic carbocycles. The van der Waals surface area contributed by atoms with E-state index >= 15 is 0 Å². The van der Waals surface area contributed by atoms with Crippen LogP contribution in [-0.2, 0) is 13.0 Å². The topological polar surface area (TPSA) is 107 Å². The fraction of sp³-hybridized carbons (Fsp3) is 0.162. The first-order valence-corrected chi connectivity index (χ1v) is 15.1. The fourth-order valence-electron chi connectivity index (χ4n) is 5.52. The summed E-state index contributed by atoms with van der Waals surface area (Å²) in [7, 11) is 1.60. The molecule has 1 aliphatic heterocycles. The third-order valence-electron chi connectivity index (χ3n) is 7.68. The van der Waals surface area contributed by atoms with Gasteiger partial charge < -0.3 is 28.1 Å². The average molecular weight is 630 g/mol. The normalized spacial score (nSPS) is 12.2. The van der Waals surface area contributed by atoms with Gasteiger partial charge in [-0.2, -0.15) is 9.78 Å². The van der Waals surface area contributed by atoms with Crippen molar-refractivity contribution in [3.8, 4) is 40.3 Å². The van der Waals surface area contributed by atoms with E-state index in [1.165, 1.54) is 4.68 Å². The predicted octanol–water partition coefficient (Wildman–Crippen LogP) is 7.14. The molecule has 0 spiro atoms. The van der Waals surface area contributed by atoms with Gasteiger partial charge in [0.1, 0.15) is 17.9 Å². The summed E-state index contributed by atoms with van der Waals surface area (Å²) in [5.41, 5.74) is 3.26. The van der Waals surface area contributed by atoms with E-state index in [0.29, 0.717) is 69.6 Å². The standard InChI is InChI=1S/C37H31N3O7/c1-4-9-25-16-24(18-33(43-5-2)35(25)44-21-23-14-15-31-32(17-23)46-22-45-31)20-38-40-36(39-28-11-7-6-10-26(28)37(40)41)34-19-27-29(42-3)12-8-13-30(27)47-34/h4,6-8,10-20H,1,5,9,21-22H2,2-3H3. The van der Waals surface area contributed by atoms with Crippen LogP contribution in [0.15, 0.2) is 106 Å². The van der Waals surface area contributed by atoms with Crippen molar-refractivity contribution in [1.82, 2.24) is 9.66 Å². The maximum atomic E-state index is 13.8. The molecule has 1 aliphatic rings. The van der Waals surface area contributed by atoms with Crippen LogP contribution in [0.4, 0.5) is 0 Å². The lowest BCUT2D eigenvalue weighted by Crippen LogP contribution is -2.20. The van der Waals surface area contributed by atoms with Gasteiger partial charge in [-0.3, -0.25) is 4.79 Å². The first kappa shape index (κ1) is 29.7. The first-order chi connectivity index (χ1) is 23.1. The highest BCUT2D eigenvalue weighted by atomic mass is 16.7. The molecular formula is C37H31N3O7. The molecule has 0 atom stereocenters. The fourth-order valence-corrected chi connectivity index (χ4v) is 5.52. The van der Waals surface area contributed by atoms with Crippen LogP contribution < -0.4 is 29.2 Å². The molecule has 10 heteroatoms. The van der Waals surface area contributed by atoms with E-state index in [1.807, 2.05) is 61.5 Å². The Morgan fingerprint density at radius 1 is 0.957 bits per heavy atom. The van der Waals surface area contributed by atoms with Crippen molar-refractivity contribution < 1.29 is 28.1 Å². The van der Waals surface area contributed by atoms with Gasteiger partial charge in [-0.1, -0.05) is 30.3 Å². The molecule has 0 amide bonds. The number of aromatic nitrogens is 2. The van der Waals surface area contributed by atoms with Crippen molar-refractivity contribution in [2.24, 2.45) is 5.10 Å². The molecule has 6 aromatic rings. The molecule has 7 rings (SSSR count). The van der Waals surface area contributed by atoms with Gasteiger partial charge in [0.05, 0.1) is 36.2 Å². The number of ether oxygens (including phenoxy) is 5. The molecule has 236 valence electrons. The number of methoxy groups -OCH3 is 1. The maximum absolute atomic E-state index is 13.8. The molecule has 0 fully saturated rings. The molecule has 0 saturated carbocycles. The van der Waals surface area contributed by atoms with E-state index in [9.17, 15) is 4.79 Å². The van der Waals surface area contributed by atoms with E-state index in [-0.39, 0.29) is 24.8 Å². The third-order valence-corrected chi connectivity index (χ3v) is 7.68. The second-order valence-corrected chi connectivity index (χ2v) is 10.7. The van der Waals surface area contributed by atoms with Crippen LogP contribution in [0.5, 0.6) is 28.7 Å². The zero-order valence-electron chi connectivity index (χ0n) is 25.9. The second-order valence-electron chi connectivity index (χ2n) is 10.7. The van der Waals surface area contributed by atoms with E-state index in [1.54, 1.807) is 43.7 Å². The summed E-state index contributed by atoms with van der Waals surface area (Å²) in [6.07, 6.45) is 3.91. The van der Waals surface area contributed by atoms with Gasteiger partial charge >= 0.3 is 0 Å². The van der Waals surface area contributed by atoms with Crippen LogP contribution in [0.3, 0.4) is 0 Å². The lowest BCUT2D eigenvalue weighted by Gasteiger charge is -2.17. The predicted molar refractivity (Wildman–Crippen MR) is 179 cm³/mol. The SMILES string of the molecule is C=CCc1cc(C=Nn2c(-c3cc4c(OC)cccc4o3)nc3ccccc3c2=O)cc(OCC)c1OCc1ccc2c(c1)OCO2. The van der Waals surface area contributed by atoms with E-state index < -0.39 is 0 Å². The average Bonchev–Trinajstić information content (AvgIpc) is 3.75. The van der Waals surface area contributed by atoms with Gasteiger partial charge in [-0.05, 0) is 79.1 Å². The van der Waals surface area contributed by atoms with E-state index in [4.69, 9.17) is 33.1 Å². The zero-order valence-corrected chi connectivity index (χ0v) is 25.9. The minimum atomic E-state index is -0.339. The first-order valence-electron chi connectivity index (χ1n) is 15.1. The van der Waals surface area contributed by atoms with Crippen LogP contribution in [-0.4, -0.2) is 36.4 Å². The Morgan fingerprint density at radius 3 is 2.68 bits per heavy atom. The molecule has 0 saturated heterocycles. The minimum Gasteiger partial charge on any atom is -0.496 e. The second kappa shape index (κ2) is 12.8. The number of benzene rings is 4. The van der Waals surface area contributed by atoms with Crippen molar-refractivity contribution >= 4 is 28.1 Å². The Balaban J connectivity index is 1.29. The summed E-state index contributed by atoms with van der Waals surface area (Å²) in [5, 5.41) is 5.84. The Morgan fingerprint density at radius 2 is 1.83 bits per heavy atom. The highest BCUT2D eigenvalue weighted by molar-refractivity contribution is 5.89. The Hall–Kier alpha value is -6.03. The quantitative estimate of drug-likeness (QED) is 0.110. The highest BCUT2D eigenvalue weighted by Gasteiger charge is 2.19. The third kappa shape index (κ3) is 5.77. The van der Waals surface area contributed by atoms with Gasteiger partial charge in [-0.15, -0.1) is 6.58 Å². The summed E-state index contributed by atoms with van der Waals surface area (Å²) < 4.78 is 36.2. The number of para-hydroxylation sites is 1. The van der Waals surface area contributed by atoms with Crippen molar-refractivity contribution in [1.29, 1.82) is 0 Å². The van der Waals surface area contributed by atoms with Crippen molar-refractivity contribution in [2.75, 3.05) is 20.5 Å². The number of hydrogen-bond acceptors (Lipinski definition) is 9. The van der Waals surface area contributed by atoms with Gasteiger partial charge in [0.15, 0.2) is 28.8 Å². The molecule has 0 aliphatic carbocycles. The number of hydrogen-bond donors (Lipinski definition) is 0. The Labute approximate surface area is 270 Å². The van der Waals surface area contributed by atoms with Gasteiger partial charge in [0.2, 0.25) is 12.6 Å². The molecule has 0 radical (unpaired) electrons. The van der Waals surface area contributed by atoms with Gasteiger partial charge in [0, 0.05) is 5.56 Å². The van der Waals surface area contributed by atoms with Crippen LogP contribution in [0, 0.1) is 0 Å². The van der Waals surface area contributed by atoms with E-state index in [0.717, 1.165) is 16.5 Å². The highest BCUT2D eigenvalue weighted by Crippen LogP contribution is 2.37. The zero-order chi connectivity index (χ0) is 32.3. The van der Waals surface area contributed by atoms with Crippen LogP contribution in [0.1, 0.15) is 23.6 Å². The molecule has 0 unspecified atom stereocenters. The smallest absolute Gasteiger partial charge is 0.282 e. The summed E-state index contributed by atoms with van der Waals surface area (Å²) in [6, 6.07) is 24.0. The molecule has 0 bridgehead atoms. The lowest BCUT2D eigenvalue weighted by atomic mass is 10.1. The van der Waals surface area contributed by atoms with Crippen LogP contribution in [0.25, 0.3) is 33.5 Å². The van der Waals surface area contributed by atoms with E-state index in [2.05, 4.69) is 11.7 Å². The summed E-state index contributed by atoms with van der Waals surface area (Å²) in [5.74, 6) is 3.82. The van der Waals surface area contributed by atoms with Crippen molar-refractivity contribution in [2.45, 2.75) is 20.0 Å². The molecule has 0 N–H and O–H groups in total. The van der Waals surface area contributed by atoms with Gasteiger partial charge in [-0.25, -0.2) is 4.98 Å². The van der Waals surface area contributed by atoms with Gasteiger partial charge in [0.25, 0.3) is 5.56 Å². The monoisotopic (exact) mass is 629 g/mol.